The molecule has 0 aliphatic carbocycles. The number of carbonyl (C=O) groups is 1. The largest absolute Gasteiger partial charge is 0.308 e. The van der Waals surface area contributed by atoms with Gasteiger partial charge in [-0.15, -0.1) is 0 Å². The van der Waals surface area contributed by atoms with Crippen LogP contribution in [-0.2, 0) is 11.8 Å². The highest BCUT2D eigenvalue weighted by atomic mass is 16.2. The highest BCUT2D eigenvalue weighted by Gasteiger charge is 2.31. The maximum Gasteiger partial charge on any atom is 0.261 e. The van der Waals surface area contributed by atoms with Gasteiger partial charge in [-0.3, -0.25) is 14.2 Å². The second-order valence-electron chi connectivity index (χ2n) is 6.38. The Kier molecular flexibility index (Phi) is 3.92. The van der Waals surface area contributed by atoms with E-state index in [-0.39, 0.29) is 11.5 Å². The van der Waals surface area contributed by atoms with E-state index in [9.17, 15) is 9.59 Å². The normalized spacial score (nSPS) is 15.1. The number of hydrogen-bond donors (Lipinski definition) is 0. The van der Waals surface area contributed by atoms with E-state index in [0.29, 0.717) is 28.8 Å². The van der Waals surface area contributed by atoms with Gasteiger partial charge in [-0.25, -0.2) is 4.98 Å². The van der Waals surface area contributed by atoms with Crippen molar-refractivity contribution in [1.82, 2.24) is 9.55 Å². The molecule has 4 rings (SSSR count). The van der Waals surface area contributed by atoms with E-state index in [1.807, 2.05) is 49.4 Å². The number of amides is 1. The minimum absolute atomic E-state index is 0.0459. The molecule has 0 radical (unpaired) electrons. The quantitative estimate of drug-likeness (QED) is 0.685. The van der Waals surface area contributed by atoms with Crippen molar-refractivity contribution in [3.05, 3.63) is 70.3 Å². The van der Waals surface area contributed by atoms with Gasteiger partial charge in [0.15, 0.2) is 0 Å². The summed E-state index contributed by atoms with van der Waals surface area (Å²) in [5.74, 6) is 0.431. The molecule has 3 aromatic rings. The molecule has 0 bridgehead atoms. The maximum absolute atomic E-state index is 13.0. The van der Waals surface area contributed by atoms with Crippen LogP contribution >= 0.6 is 0 Å². The molecular formula is C21H19N3O2. The summed E-state index contributed by atoms with van der Waals surface area (Å²) in [6.45, 7) is 2.71. The third kappa shape index (κ3) is 2.44. The molecule has 1 aliphatic heterocycles. The number of aromatic nitrogens is 2. The van der Waals surface area contributed by atoms with Crippen molar-refractivity contribution < 1.29 is 4.79 Å². The summed E-state index contributed by atoms with van der Waals surface area (Å²) in [6.07, 6.45) is 2.60. The van der Waals surface area contributed by atoms with E-state index in [2.05, 4.69) is 4.98 Å². The lowest BCUT2D eigenvalue weighted by atomic mass is 10.1. The van der Waals surface area contributed by atoms with Crippen LogP contribution < -0.4 is 10.5 Å². The van der Waals surface area contributed by atoms with Crippen molar-refractivity contribution in [1.29, 1.82) is 0 Å². The Morgan fingerprint density at radius 3 is 2.58 bits per heavy atom. The van der Waals surface area contributed by atoms with E-state index in [1.165, 1.54) is 4.57 Å². The van der Waals surface area contributed by atoms with Crippen LogP contribution in [0.25, 0.3) is 22.6 Å². The minimum Gasteiger partial charge on any atom is -0.308 e. The van der Waals surface area contributed by atoms with E-state index in [0.717, 1.165) is 17.7 Å². The fraction of sp³-hybridized carbons (Fsp3) is 0.190. The van der Waals surface area contributed by atoms with Gasteiger partial charge in [0.1, 0.15) is 5.82 Å². The SMILES string of the molecule is CCCN1C(=O)C(=Cc2nc3ccccc3c(=O)n2C)c2ccccc21. The molecule has 130 valence electrons. The van der Waals surface area contributed by atoms with Crippen LogP contribution in [0.2, 0.25) is 0 Å². The topological polar surface area (TPSA) is 55.2 Å². The molecule has 5 nitrogen and oxygen atoms in total. The second-order valence-corrected chi connectivity index (χ2v) is 6.38. The lowest BCUT2D eigenvalue weighted by Gasteiger charge is -2.15. The fourth-order valence-electron chi connectivity index (χ4n) is 3.39. The number of hydrogen-bond acceptors (Lipinski definition) is 3. The molecule has 0 atom stereocenters. The molecule has 2 aromatic carbocycles. The molecule has 0 saturated heterocycles. The van der Waals surface area contributed by atoms with Crippen molar-refractivity contribution in [2.45, 2.75) is 13.3 Å². The molecular weight excluding hydrogens is 326 g/mol. The van der Waals surface area contributed by atoms with Gasteiger partial charge in [-0.2, -0.15) is 0 Å². The summed E-state index contributed by atoms with van der Waals surface area (Å²) < 4.78 is 1.49. The minimum atomic E-state index is -0.119. The third-order valence-electron chi connectivity index (χ3n) is 4.70. The van der Waals surface area contributed by atoms with Crippen LogP contribution in [-0.4, -0.2) is 22.0 Å². The summed E-state index contributed by atoms with van der Waals surface area (Å²) in [7, 11) is 1.68. The number of benzene rings is 2. The second kappa shape index (κ2) is 6.26. The van der Waals surface area contributed by atoms with Crippen LogP contribution in [0.1, 0.15) is 24.7 Å². The highest BCUT2D eigenvalue weighted by Crippen LogP contribution is 2.37. The summed E-state index contributed by atoms with van der Waals surface area (Å²) in [6, 6.07) is 15.0. The number of anilines is 1. The van der Waals surface area contributed by atoms with Crippen LogP contribution in [0.15, 0.2) is 53.3 Å². The Balaban J connectivity index is 1.92. The molecule has 0 N–H and O–H groups in total. The number of carbonyl (C=O) groups excluding carboxylic acids is 1. The Morgan fingerprint density at radius 2 is 1.77 bits per heavy atom. The first-order valence-electron chi connectivity index (χ1n) is 8.70. The zero-order valence-corrected chi connectivity index (χ0v) is 14.8. The van der Waals surface area contributed by atoms with Crippen molar-refractivity contribution in [2.75, 3.05) is 11.4 Å². The zero-order valence-electron chi connectivity index (χ0n) is 14.8. The zero-order chi connectivity index (χ0) is 18.3. The molecule has 5 heteroatoms. The molecule has 0 fully saturated rings. The molecule has 26 heavy (non-hydrogen) atoms. The molecule has 2 heterocycles. The van der Waals surface area contributed by atoms with Gasteiger partial charge in [0.05, 0.1) is 22.2 Å². The Hall–Kier alpha value is -3.21. The first-order chi connectivity index (χ1) is 12.6. The van der Waals surface area contributed by atoms with Gasteiger partial charge in [0.25, 0.3) is 11.5 Å². The van der Waals surface area contributed by atoms with Crippen molar-refractivity contribution in [2.24, 2.45) is 7.05 Å². The monoisotopic (exact) mass is 345 g/mol. The summed E-state index contributed by atoms with van der Waals surface area (Å²) >= 11 is 0. The molecule has 0 spiro atoms. The number of para-hydroxylation sites is 2. The van der Waals surface area contributed by atoms with Gasteiger partial charge in [0, 0.05) is 19.2 Å². The van der Waals surface area contributed by atoms with Crippen LogP contribution in [0, 0.1) is 0 Å². The molecule has 1 amide bonds. The van der Waals surface area contributed by atoms with Crippen LogP contribution in [0.3, 0.4) is 0 Å². The van der Waals surface area contributed by atoms with Crippen LogP contribution in [0.4, 0.5) is 5.69 Å². The number of rotatable bonds is 3. The number of fused-ring (bicyclic) bond motifs is 2. The lowest BCUT2D eigenvalue weighted by Crippen LogP contribution is -2.27. The maximum atomic E-state index is 13.0. The first kappa shape index (κ1) is 16.3. The predicted octanol–water partition coefficient (Wildman–Crippen LogP) is 3.23. The van der Waals surface area contributed by atoms with Crippen LogP contribution in [0.5, 0.6) is 0 Å². The molecule has 1 aliphatic rings. The summed E-state index contributed by atoms with van der Waals surface area (Å²) in [4.78, 5) is 32.0. The van der Waals surface area contributed by atoms with Gasteiger partial charge in [-0.05, 0) is 30.7 Å². The first-order valence-corrected chi connectivity index (χ1v) is 8.70. The van der Waals surface area contributed by atoms with E-state index < -0.39 is 0 Å². The van der Waals surface area contributed by atoms with Crippen molar-refractivity contribution >= 4 is 34.1 Å². The van der Waals surface area contributed by atoms with Gasteiger partial charge < -0.3 is 4.90 Å². The summed E-state index contributed by atoms with van der Waals surface area (Å²) in [5.41, 5.74) is 2.88. The Morgan fingerprint density at radius 1 is 1.04 bits per heavy atom. The van der Waals surface area contributed by atoms with E-state index in [4.69, 9.17) is 0 Å². The van der Waals surface area contributed by atoms with Crippen molar-refractivity contribution in [3.8, 4) is 0 Å². The number of nitrogens with zero attached hydrogens (tertiary/aromatic N) is 3. The lowest BCUT2D eigenvalue weighted by molar-refractivity contribution is -0.113. The van der Waals surface area contributed by atoms with Gasteiger partial charge >= 0.3 is 0 Å². The predicted molar refractivity (Wildman–Crippen MR) is 104 cm³/mol. The third-order valence-corrected chi connectivity index (χ3v) is 4.70. The van der Waals surface area contributed by atoms with E-state index >= 15 is 0 Å². The Labute approximate surface area is 151 Å². The summed E-state index contributed by atoms with van der Waals surface area (Å²) in [5, 5.41) is 0.572. The molecule has 1 aromatic heterocycles. The molecule has 0 unspecified atom stereocenters. The standard InChI is InChI=1S/C21H19N3O2/c1-3-12-24-18-11-7-5-8-14(18)16(21(24)26)13-19-22-17-10-6-4-9-15(17)20(25)23(19)2/h4-11,13H,3,12H2,1-2H3. The smallest absolute Gasteiger partial charge is 0.261 e. The fourth-order valence-corrected chi connectivity index (χ4v) is 3.39. The van der Waals surface area contributed by atoms with Gasteiger partial charge in [-0.1, -0.05) is 37.3 Å². The average molecular weight is 345 g/mol. The van der Waals surface area contributed by atoms with Crippen molar-refractivity contribution in [3.63, 3.8) is 0 Å². The molecule has 0 saturated carbocycles. The average Bonchev–Trinajstić information content (AvgIpc) is 2.92. The highest BCUT2D eigenvalue weighted by molar-refractivity contribution is 6.35. The van der Waals surface area contributed by atoms with E-state index in [1.54, 1.807) is 24.1 Å². The Bertz CT molecular complexity index is 1110. The van der Waals surface area contributed by atoms with Gasteiger partial charge in [0.2, 0.25) is 0 Å².